The van der Waals surface area contributed by atoms with Gasteiger partial charge >= 0.3 is 0 Å². The summed E-state index contributed by atoms with van der Waals surface area (Å²) >= 11 is 0. The number of anilines is 1. The van der Waals surface area contributed by atoms with Crippen molar-refractivity contribution in [1.29, 1.82) is 0 Å². The third kappa shape index (κ3) is 2.94. The first-order valence-electron chi connectivity index (χ1n) is 6.37. The summed E-state index contributed by atoms with van der Waals surface area (Å²) < 4.78 is 0. The molecule has 2 rings (SSSR count). The van der Waals surface area contributed by atoms with Gasteiger partial charge in [-0.05, 0) is 33.7 Å². The maximum atomic E-state index is 4.64. The van der Waals surface area contributed by atoms with Gasteiger partial charge in [-0.2, -0.15) is 0 Å². The highest BCUT2D eigenvalue weighted by Crippen LogP contribution is 2.23. The molecule has 0 fully saturated rings. The summed E-state index contributed by atoms with van der Waals surface area (Å²) in [7, 11) is 0. The quantitative estimate of drug-likeness (QED) is 0.820. The number of hydrogen-bond donors (Lipinski definition) is 2. The number of aryl methyl sites for hydroxylation is 1. The molecule has 2 heterocycles. The minimum Gasteiger partial charge on any atom is -0.365 e. The van der Waals surface area contributed by atoms with Crippen LogP contribution in [0.2, 0.25) is 0 Å². The Hall–Kier alpha value is -1.16. The number of nitrogens with zero attached hydrogens (tertiary/aromatic N) is 2. The molecule has 0 aromatic carbocycles. The average molecular weight is 234 g/mol. The number of rotatable bonds is 2. The van der Waals surface area contributed by atoms with Gasteiger partial charge < -0.3 is 10.6 Å². The van der Waals surface area contributed by atoms with Crippen LogP contribution in [0, 0.1) is 0 Å². The van der Waals surface area contributed by atoms with Crippen LogP contribution >= 0.6 is 0 Å². The van der Waals surface area contributed by atoms with Gasteiger partial charge in [-0.25, -0.2) is 9.97 Å². The molecule has 1 aromatic rings. The molecule has 1 aliphatic rings. The monoisotopic (exact) mass is 234 g/mol. The first kappa shape index (κ1) is 12.3. The third-order valence-electron chi connectivity index (χ3n) is 2.79. The van der Waals surface area contributed by atoms with Gasteiger partial charge in [-0.15, -0.1) is 0 Å². The summed E-state index contributed by atoms with van der Waals surface area (Å²) in [5, 5.41) is 6.87. The van der Waals surface area contributed by atoms with Gasteiger partial charge in [0, 0.05) is 24.1 Å². The van der Waals surface area contributed by atoms with Gasteiger partial charge in [0.2, 0.25) is 0 Å². The first-order chi connectivity index (χ1) is 7.99. The number of hydrogen-bond acceptors (Lipinski definition) is 4. The van der Waals surface area contributed by atoms with Gasteiger partial charge in [0.05, 0.1) is 5.69 Å². The molecule has 1 aromatic heterocycles. The Kier molecular flexibility index (Phi) is 3.33. The van der Waals surface area contributed by atoms with Crippen molar-refractivity contribution in [3.63, 3.8) is 0 Å². The van der Waals surface area contributed by atoms with E-state index in [1.54, 1.807) is 0 Å². The average Bonchev–Trinajstić information content (AvgIpc) is 2.26. The zero-order valence-corrected chi connectivity index (χ0v) is 11.2. The van der Waals surface area contributed by atoms with Crippen LogP contribution < -0.4 is 10.6 Å². The largest absolute Gasteiger partial charge is 0.365 e. The van der Waals surface area contributed by atoms with Crippen molar-refractivity contribution in [3.8, 4) is 0 Å². The molecule has 1 aliphatic heterocycles. The fourth-order valence-electron chi connectivity index (χ4n) is 2.03. The van der Waals surface area contributed by atoms with E-state index in [2.05, 4.69) is 48.3 Å². The standard InChI is InChI=1S/C13H22N4/c1-5-11-15-10-8-14-7-6-9(10)12(16-11)17-13(2,3)4/h14H,5-8H2,1-4H3,(H,15,16,17). The van der Waals surface area contributed by atoms with Crippen molar-refractivity contribution in [3.05, 3.63) is 17.1 Å². The van der Waals surface area contributed by atoms with Crippen LogP contribution in [0.1, 0.15) is 44.8 Å². The number of nitrogens with one attached hydrogen (secondary N) is 2. The lowest BCUT2D eigenvalue weighted by Crippen LogP contribution is -2.31. The van der Waals surface area contributed by atoms with E-state index < -0.39 is 0 Å². The Morgan fingerprint density at radius 3 is 2.71 bits per heavy atom. The van der Waals surface area contributed by atoms with E-state index >= 15 is 0 Å². The molecule has 0 bridgehead atoms. The van der Waals surface area contributed by atoms with E-state index in [0.717, 1.165) is 43.3 Å². The maximum Gasteiger partial charge on any atom is 0.133 e. The second kappa shape index (κ2) is 4.61. The zero-order valence-electron chi connectivity index (χ0n) is 11.2. The molecule has 0 saturated heterocycles. The summed E-state index contributed by atoms with van der Waals surface area (Å²) in [5.74, 6) is 1.96. The lowest BCUT2D eigenvalue weighted by molar-refractivity contribution is 0.600. The van der Waals surface area contributed by atoms with Crippen molar-refractivity contribution >= 4 is 5.82 Å². The Bertz CT molecular complexity index is 407. The van der Waals surface area contributed by atoms with Crippen LogP contribution in [-0.2, 0) is 19.4 Å². The highest BCUT2D eigenvalue weighted by Gasteiger charge is 2.20. The number of aromatic nitrogens is 2. The summed E-state index contributed by atoms with van der Waals surface area (Å²) in [5.41, 5.74) is 2.49. The molecule has 4 nitrogen and oxygen atoms in total. The molecule has 4 heteroatoms. The molecule has 0 amide bonds. The molecule has 2 N–H and O–H groups in total. The molecule has 0 spiro atoms. The van der Waals surface area contributed by atoms with Crippen molar-refractivity contribution in [2.45, 2.75) is 52.6 Å². The fraction of sp³-hybridized carbons (Fsp3) is 0.692. The Labute approximate surface area is 103 Å². The second-order valence-electron chi connectivity index (χ2n) is 5.57. The van der Waals surface area contributed by atoms with E-state index in [9.17, 15) is 0 Å². The molecule has 0 unspecified atom stereocenters. The third-order valence-corrected chi connectivity index (χ3v) is 2.79. The zero-order chi connectivity index (χ0) is 12.5. The SMILES string of the molecule is CCc1nc2c(c(NC(C)(C)C)n1)CCNC2. The Balaban J connectivity index is 2.41. The summed E-state index contributed by atoms with van der Waals surface area (Å²) in [6.07, 6.45) is 1.89. The fourth-order valence-corrected chi connectivity index (χ4v) is 2.03. The Morgan fingerprint density at radius 2 is 2.06 bits per heavy atom. The molecule has 0 atom stereocenters. The minimum atomic E-state index is 0.0397. The van der Waals surface area contributed by atoms with Gasteiger partial charge in [0.1, 0.15) is 11.6 Å². The van der Waals surface area contributed by atoms with Crippen LogP contribution in [0.15, 0.2) is 0 Å². The topological polar surface area (TPSA) is 49.8 Å². The maximum absolute atomic E-state index is 4.64. The van der Waals surface area contributed by atoms with E-state index in [1.165, 1.54) is 5.56 Å². The van der Waals surface area contributed by atoms with Crippen molar-refractivity contribution < 1.29 is 0 Å². The second-order valence-corrected chi connectivity index (χ2v) is 5.57. The molecule has 0 saturated carbocycles. The Morgan fingerprint density at radius 1 is 1.29 bits per heavy atom. The van der Waals surface area contributed by atoms with E-state index in [-0.39, 0.29) is 5.54 Å². The van der Waals surface area contributed by atoms with E-state index in [0.29, 0.717) is 0 Å². The normalized spacial score (nSPS) is 15.5. The summed E-state index contributed by atoms with van der Waals surface area (Å²) in [6, 6.07) is 0. The molecule has 0 aliphatic carbocycles. The number of fused-ring (bicyclic) bond motifs is 1. The van der Waals surface area contributed by atoms with Gasteiger partial charge in [0.15, 0.2) is 0 Å². The lowest BCUT2D eigenvalue weighted by atomic mass is 10.0. The van der Waals surface area contributed by atoms with Gasteiger partial charge in [0.25, 0.3) is 0 Å². The smallest absolute Gasteiger partial charge is 0.133 e. The lowest BCUT2D eigenvalue weighted by Gasteiger charge is -2.26. The van der Waals surface area contributed by atoms with Crippen molar-refractivity contribution in [2.75, 3.05) is 11.9 Å². The first-order valence-corrected chi connectivity index (χ1v) is 6.37. The van der Waals surface area contributed by atoms with Crippen molar-refractivity contribution in [1.82, 2.24) is 15.3 Å². The van der Waals surface area contributed by atoms with Gasteiger partial charge in [-0.1, -0.05) is 6.92 Å². The van der Waals surface area contributed by atoms with Gasteiger partial charge in [-0.3, -0.25) is 0 Å². The van der Waals surface area contributed by atoms with Crippen molar-refractivity contribution in [2.24, 2.45) is 0 Å². The minimum absolute atomic E-state index is 0.0397. The molecular weight excluding hydrogens is 212 g/mol. The predicted molar refractivity (Wildman–Crippen MR) is 70.2 cm³/mol. The van der Waals surface area contributed by atoms with E-state index in [4.69, 9.17) is 0 Å². The molecule has 17 heavy (non-hydrogen) atoms. The predicted octanol–water partition coefficient (Wildman–Crippen LogP) is 1.90. The summed E-state index contributed by atoms with van der Waals surface area (Å²) in [4.78, 5) is 9.25. The molecular formula is C13H22N4. The molecule has 0 radical (unpaired) electrons. The highest BCUT2D eigenvalue weighted by molar-refractivity contribution is 5.49. The van der Waals surface area contributed by atoms with Crippen LogP contribution in [0.5, 0.6) is 0 Å². The van der Waals surface area contributed by atoms with Crippen LogP contribution in [0.3, 0.4) is 0 Å². The van der Waals surface area contributed by atoms with Crippen LogP contribution in [0.25, 0.3) is 0 Å². The van der Waals surface area contributed by atoms with E-state index in [1.807, 2.05) is 0 Å². The summed E-state index contributed by atoms with van der Waals surface area (Å²) in [6.45, 7) is 10.5. The van der Waals surface area contributed by atoms with Crippen LogP contribution in [-0.4, -0.2) is 22.1 Å². The van der Waals surface area contributed by atoms with Crippen LogP contribution in [0.4, 0.5) is 5.82 Å². The highest BCUT2D eigenvalue weighted by atomic mass is 15.1. The molecule has 94 valence electrons.